The molecule has 27 heavy (non-hydrogen) atoms. The van der Waals surface area contributed by atoms with Crippen molar-refractivity contribution in [3.8, 4) is 0 Å². The summed E-state index contributed by atoms with van der Waals surface area (Å²) < 4.78 is 39.2. The summed E-state index contributed by atoms with van der Waals surface area (Å²) in [6.45, 7) is 7.31. The molecule has 2 rings (SSSR count). The lowest BCUT2D eigenvalue weighted by molar-refractivity contribution is -0.187. The molecule has 0 aliphatic carbocycles. The number of amides is 2. The summed E-state index contributed by atoms with van der Waals surface area (Å²) in [5.74, 6) is -4.54. The maximum absolute atomic E-state index is 13.1. The van der Waals surface area contributed by atoms with Crippen LogP contribution in [0.4, 0.5) is 18.0 Å². The second kappa shape index (κ2) is 8.24. The van der Waals surface area contributed by atoms with Crippen molar-refractivity contribution in [2.45, 2.75) is 51.7 Å². The molecule has 0 spiro atoms. The van der Waals surface area contributed by atoms with Crippen LogP contribution in [0, 0.1) is 17.8 Å². The van der Waals surface area contributed by atoms with Crippen LogP contribution >= 0.6 is 0 Å². The quantitative estimate of drug-likeness (QED) is 0.753. The van der Waals surface area contributed by atoms with Crippen molar-refractivity contribution < 1.29 is 27.9 Å². The SMILES string of the molecule is CCC1CCCN(C(C)(C)CNC(=O)N2C[C@@H](C(F)(F)F)[C@H](C(=O)O)C2)C1. The Kier molecular flexibility index (Phi) is 6.65. The molecule has 0 radical (unpaired) electrons. The summed E-state index contributed by atoms with van der Waals surface area (Å²) in [5, 5.41) is 11.8. The largest absolute Gasteiger partial charge is 0.481 e. The van der Waals surface area contributed by atoms with Crippen LogP contribution in [0.2, 0.25) is 0 Å². The van der Waals surface area contributed by atoms with Crippen molar-refractivity contribution in [2.24, 2.45) is 17.8 Å². The number of rotatable bonds is 5. The van der Waals surface area contributed by atoms with E-state index in [0.717, 1.165) is 30.8 Å². The maximum atomic E-state index is 13.1. The molecule has 2 N–H and O–H groups in total. The third-order valence-electron chi connectivity index (χ3n) is 5.97. The third kappa shape index (κ3) is 5.27. The molecule has 2 amide bonds. The molecule has 3 atom stereocenters. The van der Waals surface area contributed by atoms with Gasteiger partial charge in [-0.2, -0.15) is 13.2 Å². The molecule has 9 heteroatoms. The van der Waals surface area contributed by atoms with Gasteiger partial charge in [-0.15, -0.1) is 0 Å². The predicted molar refractivity (Wildman–Crippen MR) is 94.3 cm³/mol. The Labute approximate surface area is 158 Å². The minimum Gasteiger partial charge on any atom is -0.481 e. The number of carboxylic acid groups (broad SMARTS) is 1. The van der Waals surface area contributed by atoms with E-state index in [2.05, 4.69) is 17.1 Å². The van der Waals surface area contributed by atoms with Crippen LogP contribution in [0.15, 0.2) is 0 Å². The van der Waals surface area contributed by atoms with Gasteiger partial charge in [0.15, 0.2) is 0 Å². The lowest BCUT2D eigenvalue weighted by Crippen LogP contribution is -2.56. The van der Waals surface area contributed by atoms with Crippen molar-refractivity contribution in [1.29, 1.82) is 0 Å². The molecule has 0 aromatic carbocycles. The van der Waals surface area contributed by atoms with Gasteiger partial charge in [0.1, 0.15) is 0 Å². The Morgan fingerprint density at radius 1 is 1.19 bits per heavy atom. The van der Waals surface area contributed by atoms with Gasteiger partial charge >= 0.3 is 18.2 Å². The molecule has 2 aliphatic rings. The van der Waals surface area contributed by atoms with Crippen molar-refractivity contribution >= 4 is 12.0 Å². The second-order valence-corrected chi connectivity index (χ2v) is 8.33. The number of alkyl halides is 3. The highest BCUT2D eigenvalue weighted by molar-refractivity contribution is 5.77. The summed E-state index contributed by atoms with van der Waals surface area (Å²) in [6.07, 6.45) is -1.25. The standard InChI is InChI=1S/C18H30F3N3O3/c1-4-12-6-5-7-24(8-12)17(2,3)11-22-16(27)23-9-13(15(25)26)14(10-23)18(19,20)21/h12-14H,4-11H2,1-3H3,(H,22,27)(H,25,26)/t12?,13-,14-/m1/s1. The van der Waals surface area contributed by atoms with Crippen molar-refractivity contribution in [2.75, 3.05) is 32.7 Å². The molecule has 0 aromatic heterocycles. The van der Waals surface area contributed by atoms with Crippen LogP contribution in [0.5, 0.6) is 0 Å². The topological polar surface area (TPSA) is 72.9 Å². The molecule has 2 saturated heterocycles. The van der Waals surface area contributed by atoms with Gasteiger partial charge < -0.3 is 15.3 Å². The first-order chi connectivity index (χ1) is 12.5. The van der Waals surface area contributed by atoms with E-state index in [1.165, 1.54) is 6.42 Å². The fraction of sp³-hybridized carbons (Fsp3) is 0.889. The molecule has 0 saturated carbocycles. The average molecular weight is 393 g/mol. The van der Waals surface area contributed by atoms with E-state index in [4.69, 9.17) is 5.11 Å². The minimum atomic E-state index is -4.64. The van der Waals surface area contributed by atoms with Gasteiger partial charge in [0.05, 0.1) is 11.8 Å². The predicted octanol–water partition coefficient (Wildman–Crippen LogP) is 2.79. The highest BCUT2D eigenvalue weighted by atomic mass is 19.4. The Morgan fingerprint density at radius 3 is 2.37 bits per heavy atom. The second-order valence-electron chi connectivity index (χ2n) is 8.33. The van der Waals surface area contributed by atoms with Crippen LogP contribution < -0.4 is 5.32 Å². The zero-order valence-electron chi connectivity index (χ0n) is 16.2. The first kappa shape index (κ1) is 21.8. The number of aliphatic carboxylic acids is 1. The van der Waals surface area contributed by atoms with Gasteiger partial charge in [-0.25, -0.2) is 4.79 Å². The number of hydrogen-bond donors (Lipinski definition) is 2. The monoisotopic (exact) mass is 393 g/mol. The van der Waals surface area contributed by atoms with E-state index < -0.39 is 43.1 Å². The van der Waals surface area contributed by atoms with Crippen LogP contribution in [0.3, 0.4) is 0 Å². The number of likely N-dealkylation sites (tertiary alicyclic amines) is 2. The van der Waals surface area contributed by atoms with E-state index in [1.807, 2.05) is 13.8 Å². The van der Waals surface area contributed by atoms with E-state index in [-0.39, 0.29) is 5.54 Å². The summed E-state index contributed by atoms with van der Waals surface area (Å²) in [7, 11) is 0. The van der Waals surface area contributed by atoms with Gasteiger partial charge in [-0.1, -0.05) is 13.3 Å². The third-order valence-corrected chi connectivity index (χ3v) is 5.97. The van der Waals surface area contributed by atoms with E-state index in [9.17, 15) is 22.8 Å². The lowest BCUT2D eigenvalue weighted by Gasteiger charge is -2.43. The normalized spacial score (nSPS) is 27.6. The number of hydrogen-bond acceptors (Lipinski definition) is 3. The molecule has 1 unspecified atom stereocenters. The highest BCUT2D eigenvalue weighted by Gasteiger charge is 2.53. The maximum Gasteiger partial charge on any atom is 0.394 e. The molecule has 2 heterocycles. The molecular formula is C18H30F3N3O3. The Morgan fingerprint density at radius 2 is 1.85 bits per heavy atom. The van der Waals surface area contributed by atoms with Crippen molar-refractivity contribution in [3.63, 3.8) is 0 Å². The lowest BCUT2D eigenvalue weighted by atomic mass is 9.91. The number of carbonyl (C=O) groups excluding carboxylic acids is 1. The van der Waals surface area contributed by atoms with Crippen LogP contribution in [0.1, 0.15) is 40.0 Å². The number of carbonyl (C=O) groups is 2. The smallest absolute Gasteiger partial charge is 0.394 e. The molecule has 6 nitrogen and oxygen atoms in total. The fourth-order valence-electron chi connectivity index (χ4n) is 4.02. The number of nitrogens with zero attached hydrogens (tertiary/aromatic N) is 2. The van der Waals surface area contributed by atoms with Crippen molar-refractivity contribution in [3.05, 3.63) is 0 Å². The van der Waals surface area contributed by atoms with Crippen molar-refractivity contribution in [1.82, 2.24) is 15.1 Å². The van der Waals surface area contributed by atoms with Gasteiger partial charge in [0, 0.05) is 31.7 Å². The Hall–Kier alpha value is -1.51. The van der Waals surface area contributed by atoms with E-state index in [0.29, 0.717) is 12.5 Å². The average Bonchev–Trinajstić information content (AvgIpc) is 3.06. The summed E-state index contributed by atoms with van der Waals surface area (Å²) in [6, 6.07) is -0.634. The van der Waals surface area contributed by atoms with Crippen LogP contribution in [0.25, 0.3) is 0 Å². The van der Waals surface area contributed by atoms with Gasteiger partial charge in [-0.05, 0) is 39.2 Å². The Balaban J connectivity index is 1.94. The zero-order valence-corrected chi connectivity index (χ0v) is 16.2. The minimum absolute atomic E-state index is 0.299. The van der Waals surface area contributed by atoms with E-state index in [1.54, 1.807) is 0 Å². The Bertz CT molecular complexity index is 554. The number of urea groups is 1. The molecule has 0 bridgehead atoms. The zero-order chi connectivity index (χ0) is 20.4. The van der Waals surface area contributed by atoms with Gasteiger partial charge in [0.25, 0.3) is 0 Å². The molecular weight excluding hydrogens is 363 g/mol. The molecule has 2 aliphatic heterocycles. The van der Waals surface area contributed by atoms with Gasteiger partial charge in [0.2, 0.25) is 0 Å². The summed E-state index contributed by atoms with van der Waals surface area (Å²) in [5.41, 5.74) is -0.321. The first-order valence-electron chi connectivity index (χ1n) is 9.53. The molecule has 0 aromatic rings. The van der Waals surface area contributed by atoms with E-state index >= 15 is 0 Å². The summed E-state index contributed by atoms with van der Waals surface area (Å²) >= 11 is 0. The van der Waals surface area contributed by atoms with Crippen LogP contribution in [-0.2, 0) is 4.79 Å². The van der Waals surface area contributed by atoms with Crippen LogP contribution in [-0.4, -0.2) is 71.3 Å². The molecule has 156 valence electrons. The highest BCUT2D eigenvalue weighted by Crippen LogP contribution is 2.37. The molecule has 2 fully saturated rings. The number of carboxylic acids is 1. The number of piperidine rings is 1. The number of halogens is 3. The van der Waals surface area contributed by atoms with Gasteiger partial charge in [-0.3, -0.25) is 9.69 Å². The fourth-order valence-corrected chi connectivity index (χ4v) is 4.02. The first-order valence-corrected chi connectivity index (χ1v) is 9.53. The number of nitrogens with one attached hydrogen (secondary N) is 1. The summed E-state index contributed by atoms with van der Waals surface area (Å²) in [4.78, 5) is 26.8.